The Hall–Kier alpha value is 0.423. The van der Waals surface area contributed by atoms with Crippen molar-refractivity contribution in [3.05, 3.63) is 46.6 Å². The molecule has 164 valence electrons. The van der Waals surface area contributed by atoms with Crippen LogP contribution < -0.4 is 24.8 Å². The van der Waals surface area contributed by atoms with Crippen LogP contribution >= 0.6 is 0 Å². The maximum absolute atomic E-state index is 3.41. The van der Waals surface area contributed by atoms with E-state index < -0.39 is 0 Å². The normalized spacial score (nSPS) is 14.2. The van der Waals surface area contributed by atoms with Crippen LogP contribution in [0.2, 0.25) is 0 Å². The van der Waals surface area contributed by atoms with Gasteiger partial charge in [-0.05, 0) is 0 Å². The van der Waals surface area contributed by atoms with Crippen molar-refractivity contribution in [2.24, 2.45) is 0 Å². The fraction of sp³-hybridized carbons (Fsp3) is 0.692. The molecule has 0 heterocycles. The predicted molar refractivity (Wildman–Crippen MR) is 117 cm³/mol. The number of rotatable bonds is 12. The second kappa shape index (κ2) is 23.1. The Kier molecular flexibility index (Phi) is 27.1. The molecule has 0 fully saturated rings. The van der Waals surface area contributed by atoms with E-state index in [0.717, 1.165) is 0 Å². The molecule has 0 aromatic carbocycles. The molecule has 29 heavy (non-hydrogen) atoms. The first-order valence-electron chi connectivity index (χ1n) is 11.3. The molecule has 0 atom stereocenters. The summed E-state index contributed by atoms with van der Waals surface area (Å²) in [6, 6.07) is 0. The SMILES string of the molecule is CCCCC1=C(CCCC)CC=[C-]1.CCCCC1=C(CCCC)CC=[C-]1.[Cl-].[Cl-].[Zr+4]. The number of unbranched alkanes of at least 4 members (excludes halogenated alkanes) is 4. The molecule has 0 N–H and O–H groups in total. The Balaban J connectivity index is -0.000000422. The Labute approximate surface area is 214 Å². The number of allylic oxidation sites excluding steroid dienone is 8. The van der Waals surface area contributed by atoms with Gasteiger partial charge in [-0.2, -0.15) is 12.2 Å². The topological polar surface area (TPSA) is 0 Å². The number of halogens is 2. The molecule has 0 bridgehead atoms. The third-order valence-corrected chi connectivity index (χ3v) is 5.33. The largest absolute Gasteiger partial charge is 4.00 e. The van der Waals surface area contributed by atoms with Crippen molar-refractivity contribution < 1.29 is 51.0 Å². The van der Waals surface area contributed by atoms with E-state index >= 15 is 0 Å². The van der Waals surface area contributed by atoms with Crippen LogP contribution in [-0.4, -0.2) is 0 Å². The molecule has 2 aliphatic carbocycles. The molecule has 0 unspecified atom stereocenters. The minimum atomic E-state index is 0. The molecular formula is C26H42Cl2Zr. The maximum Gasteiger partial charge on any atom is 4.00 e. The van der Waals surface area contributed by atoms with Crippen LogP contribution in [0.4, 0.5) is 0 Å². The van der Waals surface area contributed by atoms with E-state index in [1.165, 1.54) is 101 Å². The molecule has 0 spiro atoms. The van der Waals surface area contributed by atoms with Crippen LogP contribution in [0.5, 0.6) is 0 Å². The van der Waals surface area contributed by atoms with Gasteiger partial charge in [-0.25, -0.2) is 22.3 Å². The molecule has 2 rings (SSSR count). The van der Waals surface area contributed by atoms with Crippen molar-refractivity contribution in [1.29, 1.82) is 0 Å². The fourth-order valence-corrected chi connectivity index (χ4v) is 3.54. The van der Waals surface area contributed by atoms with Crippen LogP contribution in [0.15, 0.2) is 34.4 Å². The molecule has 0 aromatic heterocycles. The summed E-state index contributed by atoms with van der Waals surface area (Å²) < 4.78 is 0. The molecule has 0 radical (unpaired) electrons. The van der Waals surface area contributed by atoms with E-state index in [9.17, 15) is 0 Å². The summed E-state index contributed by atoms with van der Waals surface area (Å²) in [6.07, 6.45) is 29.3. The quantitative estimate of drug-likeness (QED) is 0.350. The summed E-state index contributed by atoms with van der Waals surface area (Å²) in [5.74, 6) is 0. The van der Waals surface area contributed by atoms with Crippen molar-refractivity contribution in [1.82, 2.24) is 0 Å². The van der Waals surface area contributed by atoms with Gasteiger partial charge in [-0.1, -0.05) is 118 Å². The number of hydrogen-bond acceptors (Lipinski definition) is 0. The van der Waals surface area contributed by atoms with Crippen LogP contribution in [0, 0.1) is 12.2 Å². The van der Waals surface area contributed by atoms with Gasteiger partial charge in [-0.15, -0.1) is 0 Å². The molecule has 0 aromatic rings. The third-order valence-electron chi connectivity index (χ3n) is 5.33. The predicted octanol–water partition coefficient (Wildman–Crippen LogP) is 2.86. The summed E-state index contributed by atoms with van der Waals surface area (Å²) in [5, 5.41) is 0. The molecule has 2 aliphatic rings. The zero-order valence-corrected chi connectivity index (χ0v) is 23.3. The Bertz CT molecular complexity index is 455. The smallest absolute Gasteiger partial charge is 1.00 e. The van der Waals surface area contributed by atoms with E-state index in [-0.39, 0.29) is 51.0 Å². The molecule has 0 saturated heterocycles. The summed E-state index contributed by atoms with van der Waals surface area (Å²) in [5.41, 5.74) is 6.37. The Morgan fingerprint density at radius 1 is 0.586 bits per heavy atom. The standard InChI is InChI=1S/2C13H21.2ClH.Zr/c2*1-3-5-8-12-10-7-11-13(12)9-6-4-2;;;/h2*7H,3-6,8-10H2,1-2H3;2*1H;/q2*-1;;;+4/p-2. The fourth-order valence-electron chi connectivity index (χ4n) is 3.54. The minimum Gasteiger partial charge on any atom is -1.00 e. The second-order valence-corrected chi connectivity index (χ2v) is 7.68. The minimum absolute atomic E-state index is 0. The van der Waals surface area contributed by atoms with E-state index in [2.05, 4.69) is 52.0 Å². The first-order valence-corrected chi connectivity index (χ1v) is 11.3. The van der Waals surface area contributed by atoms with Crippen molar-refractivity contribution in [3.8, 4) is 0 Å². The first kappa shape index (κ1) is 34.0. The second-order valence-electron chi connectivity index (χ2n) is 7.68. The van der Waals surface area contributed by atoms with E-state index in [0.29, 0.717) is 0 Å². The van der Waals surface area contributed by atoms with Crippen molar-refractivity contribution in [2.75, 3.05) is 0 Å². The maximum atomic E-state index is 3.41. The number of hydrogen-bond donors (Lipinski definition) is 0. The summed E-state index contributed by atoms with van der Waals surface area (Å²) in [7, 11) is 0. The van der Waals surface area contributed by atoms with Crippen molar-refractivity contribution in [3.63, 3.8) is 0 Å². The summed E-state index contributed by atoms with van der Waals surface area (Å²) >= 11 is 0. The molecular weight excluding hydrogens is 474 g/mol. The van der Waals surface area contributed by atoms with Gasteiger partial charge in [0.2, 0.25) is 0 Å². The van der Waals surface area contributed by atoms with Gasteiger partial charge in [0.1, 0.15) is 0 Å². The molecule has 0 amide bonds. The monoisotopic (exact) mass is 514 g/mol. The van der Waals surface area contributed by atoms with Gasteiger partial charge < -0.3 is 24.8 Å². The van der Waals surface area contributed by atoms with Gasteiger partial charge >= 0.3 is 26.2 Å². The zero-order valence-electron chi connectivity index (χ0n) is 19.3. The average molecular weight is 517 g/mol. The molecule has 0 aliphatic heterocycles. The van der Waals surface area contributed by atoms with Crippen LogP contribution in [0.3, 0.4) is 0 Å². The van der Waals surface area contributed by atoms with Crippen molar-refractivity contribution in [2.45, 2.75) is 118 Å². The van der Waals surface area contributed by atoms with E-state index in [1.54, 1.807) is 11.1 Å². The average Bonchev–Trinajstić information content (AvgIpc) is 3.30. The van der Waals surface area contributed by atoms with Gasteiger partial charge in [0.25, 0.3) is 0 Å². The molecule has 0 nitrogen and oxygen atoms in total. The van der Waals surface area contributed by atoms with Gasteiger partial charge in [0.15, 0.2) is 0 Å². The molecule has 0 saturated carbocycles. The van der Waals surface area contributed by atoms with Crippen LogP contribution in [-0.2, 0) is 26.2 Å². The summed E-state index contributed by atoms with van der Waals surface area (Å²) in [4.78, 5) is 0. The van der Waals surface area contributed by atoms with Crippen LogP contribution in [0.1, 0.15) is 118 Å². The zero-order chi connectivity index (χ0) is 19.0. The Morgan fingerprint density at radius 2 is 0.897 bits per heavy atom. The van der Waals surface area contributed by atoms with Gasteiger partial charge in [0, 0.05) is 0 Å². The van der Waals surface area contributed by atoms with Crippen molar-refractivity contribution >= 4 is 0 Å². The first-order chi connectivity index (χ1) is 12.8. The van der Waals surface area contributed by atoms with E-state index in [4.69, 9.17) is 0 Å². The van der Waals surface area contributed by atoms with Crippen LogP contribution in [0.25, 0.3) is 0 Å². The third kappa shape index (κ3) is 15.0. The summed E-state index contributed by atoms with van der Waals surface area (Å²) in [6.45, 7) is 9.03. The van der Waals surface area contributed by atoms with Gasteiger partial charge in [-0.3, -0.25) is 12.2 Å². The van der Waals surface area contributed by atoms with Gasteiger partial charge in [0.05, 0.1) is 0 Å². The Morgan fingerprint density at radius 3 is 1.21 bits per heavy atom. The van der Waals surface area contributed by atoms with E-state index in [1.807, 2.05) is 0 Å². The molecule has 3 heteroatoms.